The topological polar surface area (TPSA) is 27.7 Å². The van der Waals surface area contributed by atoms with Gasteiger partial charge in [0.15, 0.2) is 11.6 Å². The van der Waals surface area contributed by atoms with Crippen molar-refractivity contribution in [3.63, 3.8) is 0 Å². The Kier molecular flexibility index (Phi) is 9.31. The molecule has 0 N–H and O–H groups in total. The molecule has 0 aliphatic carbocycles. The molecule has 1 aliphatic heterocycles. The molecule has 0 saturated carbocycles. The van der Waals surface area contributed by atoms with Gasteiger partial charge < -0.3 is 14.2 Å². The SMILES string of the molecule is CCCCOc1ccc(-c2ccc(C(F)(F)OC3CCC(CCC)OC3)cc2)c(C(F)F)c1F. The highest BCUT2D eigenvalue weighted by Crippen LogP contribution is 2.39. The molecule has 0 bridgehead atoms. The van der Waals surface area contributed by atoms with E-state index >= 15 is 0 Å². The number of rotatable bonds is 11. The minimum atomic E-state index is -3.57. The molecule has 0 aromatic heterocycles. The van der Waals surface area contributed by atoms with Crippen LogP contribution in [0.2, 0.25) is 0 Å². The average molecular weight is 487 g/mol. The number of benzene rings is 2. The molecule has 0 radical (unpaired) electrons. The van der Waals surface area contributed by atoms with E-state index in [0.29, 0.717) is 19.3 Å². The van der Waals surface area contributed by atoms with Crippen LogP contribution in [0.1, 0.15) is 69.9 Å². The van der Waals surface area contributed by atoms with Crippen LogP contribution in [0.3, 0.4) is 0 Å². The van der Waals surface area contributed by atoms with Crippen LogP contribution in [0.5, 0.6) is 5.75 Å². The lowest BCUT2D eigenvalue weighted by molar-refractivity contribution is -0.288. The van der Waals surface area contributed by atoms with E-state index in [1.54, 1.807) is 0 Å². The summed E-state index contributed by atoms with van der Waals surface area (Å²) in [6.45, 7) is 4.28. The molecular weight excluding hydrogens is 455 g/mol. The van der Waals surface area contributed by atoms with Crippen molar-refractivity contribution in [3.8, 4) is 16.9 Å². The van der Waals surface area contributed by atoms with Crippen molar-refractivity contribution >= 4 is 0 Å². The van der Waals surface area contributed by atoms with Crippen LogP contribution >= 0.6 is 0 Å². The maximum atomic E-state index is 14.7. The number of halogens is 5. The number of hydrogen-bond donors (Lipinski definition) is 0. The monoisotopic (exact) mass is 486 g/mol. The minimum Gasteiger partial charge on any atom is -0.491 e. The molecule has 1 fully saturated rings. The Bertz CT molecular complexity index is 909. The van der Waals surface area contributed by atoms with E-state index in [2.05, 4.69) is 0 Å². The molecule has 0 spiro atoms. The van der Waals surface area contributed by atoms with Gasteiger partial charge >= 0.3 is 6.11 Å². The van der Waals surface area contributed by atoms with Gasteiger partial charge in [-0.05, 0) is 61.1 Å². The Labute approximate surface area is 197 Å². The van der Waals surface area contributed by atoms with Crippen molar-refractivity contribution in [2.45, 2.75) is 77.1 Å². The third-order valence-electron chi connectivity index (χ3n) is 5.90. The standard InChI is InChI=1S/C26H31F5O3/c1-3-5-15-32-22-14-13-21(23(24(22)27)25(28)29)17-7-9-18(10-8-17)26(30,31)34-20-12-11-19(6-4-2)33-16-20/h7-10,13-14,19-20,25H,3-6,11-12,15-16H2,1-2H3. The molecule has 188 valence electrons. The highest BCUT2D eigenvalue weighted by atomic mass is 19.3. The summed E-state index contributed by atoms with van der Waals surface area (Å²) in [5.41, 5.74) is -1.11. The van der Waals surface area contributed by atoms with Crippen molar-refractivity contribution < 1.29 is 36.2 Å². The van der Waals surface area contributed by atoms with Crippen LogP contribution in [-0.4, -0.2) is 25.4 Å². The molecule has 2 atom stereocenters. The zero-order valence-electron chi connectivity index (χ0n) is 19.5. The lowest BCUT2D eigenvalue weighted by Gasteiger charge is -2.31. The Hall–Kier alpha value is -2.19. The van der Waals surface area contributed by atoms with E-state index in [9.17, 15) is 22.0 Å². The number of unbranched alkanes of at least 4 members (excludes halogenated alkanes) is 1. The van der Waals surface area contributed by atoms with E-state index in [1.807, 2.05) is 13.8 Å². The second kappa shape index (κ2) is 12.0. The summed E-state index contributed by atoms with van der Waals surface area (Å²) in [5.74, 6) is -1.39. The molecule has 2 aromatic carbocycles. The van der Waals surface area contributed by atoms with Crippen LogP contribution in [0.25, 0.3) is 11.1 Å². The quantitative estimate of drug-likeness (QED) is 0.238. The van der Waals surface area contributed by atoms with Crippen molar-refractivity contribution in [2.24, 2.45) is 0 Å². The second-order valence-electron chi connectivity index (χ2n) is 8.50. The largest absolute Gasteiger partial charge is 0.491 e. The first kappa shape index (κ1) is 26.4. The highest BCUT2D eigenvalue weighted by Gasteiger charge is 2.37. The van der Waals surface area contributed by atoms with Crippen molar-refractivity contribution in [2.75, 3.05) is 13.2 Å². The van der Waals surface area contributed by atoms with E-state index in [1.165, 1.54) is 24.3 Å². The summed E-state index contributed by atoms with van der Waals surface area (Å²) < 4.78 is 87.5. The van der Waals surface area contributed by atoms with E-state index in [4.69, 9.17) is 14.2 Å². The van der Waals surface area contributed by atoms with Gasteiger partial charge in [0.2, 0.25) is 0 Å². The maximum Gasteiger partial charge on any atom is 0.383 e. The number of alkyl halides is 4. The molecule has 2 aromatic rings. The van der Waals surface area contributed by atoms with Gasteiger partial charge in [0.05, 0.1) is 36.5 Å². The van der Waals surface area contributed by atoms with Gasteiger partial charge in [0.25, 0.3) is 6.43 Å². The van der Waals surface area contributed by atoms with Gasteiger partial charge in [0.1, 0.15) is 0 Å². The summed E-state index contributed by atoms with van der Waals surface area (Å²) in [4.78, 5) is 0. The van der Waals surface area contributed by atoms with Crippen molar-refractivity contribution in [1.82, 2.24) is 0 Å². The van der Waals surface area contributed by atoms with Gasteiger partial charge in [-0.1, -0.05) is 38.8 Å². The summed E-state index contributed by atoms with van der Waals surface area (Å²) in [6.07, 6.45) is -2.87. The van der Waals surface area contributed by atoms with E-state index in [0.717, 1.165) is 31.4 Å². The molecule has 1 heterocycles. The third kappa shape index (κ3) is 6.48. The van der Waals surface area contributed by atoms with Gasteiger partial charge in [-0.25, -0.2) is 13.2 Å². The molecular formula is C26H31F5O3. The van der Waals surface area contributed by atoms with Crippen molar-refractivity contribution in [3.05, 3.63) is 53.3 Å². The van der Waals surface area contributed by atoms with Crippen LogP contribution < -0.4 is 4.74 Å². The highest BCUT2D eigenvalue weighted by molar-refractivity contribution is 5.69. The number of ether oxygens (including phenoxy) is 3. The average Bonchev–Trinajstić information content (AvgIpc) is 2.81. The Balaban J connectivity index is 1.75. The fraction of sp³-hybridized carbons (Fsp3) is 0.538. The molecule has 34 heavy (non-hydrogen) atoms. The van der Waals surface area contributed by atoms with E-state index in [-0.39, 0.29) is 36.2 Å². The first-order valence-electron chi connectivity index (χ1n) is 11.8. The summed E-state index contributed by atoms with van der Waals surface area (Å²) in [6, 6.07) is 7.35. The molecule has 8 heteroatoms. The lowest BCUT2D eigenvalue weighted by atomic mass is 9.97. The number of hydrogen-bond acceptors (Lipinski definition) is 3. The predicted molar refractivity (Wildman–Crippen MR) is 120 cm³/mol. The Morgan fingerprint density at radius 2 is 1.76 bits per heavy atom. The van der Waals surface area contributed by atoms with Gasteiger partial charge in [-0.2, -0.15) is 8.78 Å². The van der Waals surface area contributed by atoms with Gasteiger partial charge in [-0.15, -0.1) is 0 Å². The normalized spacial score (nSPS) is 18.9. The molecule has 0 amide bonds. The molecule has 3 nitrogen and oxygen atoms in total. The first-order chi connectivity index (χ1) is 16.3. The fourth-order valence-electron chi connectivity index (χ4n) is 4.02. The molecule has 1 saturated heterocycles. The third-order valence-corrected chi connectivity index (χ3v) is 5.90. The van der Waals surface area contributed by atoms with Crippen LogP contribution in [0.4, 0.5) is 22.0 Å². The first-order valence-corrected chi connectivity index (χ1v) is 11.8. The van der Waals surface area contributed by atoms with Gasteiger partial charge in [0, 0.05) is 0 Å². The van der Waals surface area contributed by atoms with Crippen LogP contribution in [0.15, 0.2) is 36.4 Å². The summed E-state index contributed by atoms with van der Waals surface area (Å²) in [5, 5.41) is 0. The smallest absolute Gasteiger partial charge is 0.383 e. The van der Waals surface area contributed by atoms with Crippen molar-refractivity contribution in [1.29, 1.82) is 0 Å². The lowest BCUT2D eigenvalue weighted by Crippen LogP contribution is -2.35. The summed E-state index contributed by atoms with van der Waals surface area (Å²) in [7, 11) is 0. The predicted octanol–water partition coefficient (Wildman–Crippen LogP) is 8.02. The zero-order chi connectivity index (χ0) is 24.7. The minimum absolute atomic E-state index is 0.0746. The summed E-state index contributed by atoms with van der Waals surface area (Å²) >= 11 is 0. The van der Waals surface area contributed by atoms with Crippen LogP contribution in [-0.2, 0) is 15.6 Å². The molecule has 2 unspecified atom stereocenters. The zero-order valence-corrected chi connectivity index (χ0v) is 19.5. The maximum absolute atomic E-state index is 14.7. The van der Waals surface area contributed by atoms with Crippen LogP contribution in [0, 0.1) is 5.82 Å². The second-order valence-corrected chi connectivity index (χ2v) is 8.50. The fourth-order valence-corrected chi connectivity index (χ4v) is 4.02. The Morgan fingerprint density at radius 1 is 1.03 bits per heavy atom. The molecule has 3 rings (SSSR count). The van der Waals surface area contributed by atoms with E-state index < -0.39 is 35.6 Å². The van der Waals surface area contributed by atoms with Gasteiger partial charge in [-0.3, -0.25) is 0 Å². The Morgan fingerprint density at radius 3 is 2.35 bits per heavy atom. The molecule has 1 aliphatic rings.